The summed E-state index contributed by atoms with van der Waals surface area (Å²) in [5.41, 5.74) is 4.65. The van der Waals surface area contributed by atoms with Gasteiger partial charge in [0.15, 0.2) is 5.78 Å². The van der Waals surface area contributed by atoms with Crippen molar-refractivity contribution in [2.45, 2.75) is 105 Å². The molecule has 0 heterocycles. The Labute approximate surface area is 196 Å². The summed E-state index contributed by atoms with van der Waals surface area (Å²) in [4.78, 5) is 11.3. The molecule has 2 aromatic rings. The van der Waals surface area contributed by atoms with Crippen LogP contribution in [0.1, 0.15) is 121 Å². The van der Waals surface area contributed by atoms with Crippen LogP contribution in [-0.4, -0.2) is 16.3 Å². The first kappa shape index (κ1) is 30.0. The van der Waals surface area contributed by atoms with Crippen molar-refractivity contribution in [1.29, 1.82) is 0 Å². The van der Waals surface area contributed by atoms with Crippen LogP contribution in [0.25, 0.3) is 11.1 Å². The Morgan fingerprint density at radius 2 is 1.16 bits per heavy atom. The maximum absolute atomic E-state index is 11.3. The summed E-state index contributed by atoms with van der Waals surface area (Å²) in [6, 6.07) is 16.8. The molecule has 0 spiro atoms. The molecule has 0 radical (unpaired) electrons. The zero-order valence-corrected chi connectivity index (χ0v) is 21.1. The molecule has 0 aliphatic heterocycles. The standard InChI is InChI=1S/C19H20O.C8H18.C2H6.H2O2/c1-14(20)15-6-8-18(9-7-15)19-12-10-17(11-13-19)16-4-2-3-5-16;1-3-5-7-8-6-4-2;2*1-2/h6-13,16H,2-5H2,1H3;3-8H2,1-2H3;1-2H3;1-2H. The Morgan fingerprint density at radius 3 is 1.53 bits per heavy atom. The Bertz CT molecular complexity index is 677. The second-order valence-electron chi connectivity index (χ2n) is 8.15. The van der Waals surface area contributed by atoms with E-state index in [4.69, 9.17) is 10.5 Å². The van der Waals surface area contributed by atoms with E-state index in [1.54, 1.807) is 6.92 Å². The van der Waals surface area contributed by atoms with Crippen molar-refractivity contribution < 1.29 is 15.3 Å². The number of rotatable bonds is 8. The van der Waals surface area contributed by atoms with Crippen molar-refractivity contribution in [3.05, 3.63) is 59.7 Å². The fourth-order valence-electron chi connectivity index (χ4n) is 3.96. The van der Waals surface area contributed by atoms with Crippen LogP contribution in [0.2, 0.25) is 0 Å². The molecule has 3 nitrogen and oxygen atoms in total. The molecule has 0 unspecified atom stereocenters. The molecule has 0 saturated heterocycles. The van der Waals surface area contributed by atoms with Crippen LogP contribution >= 0.6 is 0 Å². The van der Waals surface area contributed by atoms with Gasteiger partial charge in [0.05, 0.1) is 0 Å². The topological polar surface area (TPSA) is 57.5 Å². The summed E-state index contributed by atoms with van der Waals surface area (Å²) in [6.07, 6.45) is 13.9. The maximum atomic E-state index is 11.3. The molecule has 180 valence electrons. The molecule has 0 bridgehead atoms. The summed E-state index contributed by atoms with van der Waals surface area (Å²) in [6.45, 7) is 10.1. The number of carbonyl (C=O) groups excluding carboxylic acids is 1. The van der Waals surface area contributed by atoms with Gasteiger partial charge in [0.1, 0.15) is 0 Å². The van der Waals surface area contributed by atoms with Gasteiger partial charge in [0, 0.05) is 5.56 Å². The number of Topliss-reactive ketones (excluding diaryl/α,β-unsaturated/α-hetero) is 1. The Hall–Kier alpha value is -1.97. The van der Waals surface area contributed by atoms with Gasteiger partial charge in [-0.15, -0.1) is 0 Å². The van der Waals surface area contributed by atoms with Crippen LogP contribution in [0, 0.1) is 0 Å². The lowest BCUT2D eigenvalue weighted by Gasteiger charge is -2.10. The maximum Gasteiger partial charge on any atom is 0.159 e. The number of hydrogen-bond acceptors (Lipinski definition) is 3. The van der Waals surface area contributed by atoms with Crippen molar-refractivity contribution in [1.82, 2.24) is 0 Å². The van der Waals surface area contributed by atoms with E-state index in [1.807, 2.05) is 38.1 Å². The highest BCUT2D eigenvalue weighted by molar-refractivity contribution is 5.94. The van der Waals surface area contributed by atoms with Crippen LogP contribution in [0.4, 0.5) is 0 Å². The van der Waals surface area contributed by atoms with Gasteiger partial charge >= 0.3 is 0 Å². The lowest BCUT2D eigenvalue weighted by Crippen LogP contribution is -1.92. The van der Waals surface area contributed by atoms with Gasteiger partial charge < -0.3 is 0 Å². The molecule has 32 heavy (non-hydrogen) atoms. The van der Waals surface area contributed by atoms with Crippen LogP contribution in [0.3, 0.4) is 0 Å². The third-order valence-electron chi connectivity index (χ3n) is 5.82. The molecule has 1 aliphatic carbocycles. The first-order chi connectivity index (χ1) is 15.7. The highest BCUT2D eigenvalue weighted by Crippen LogP contribution is 2.34. The van der Waals surface area contributed by atoms with Crippen molar-refractivity contribution in [3.63, 3.8) is 0 Å². The molecule has 0 atom stereocenters. The minimum absolute atomic E-state index is 0.119. The van der Waals surface area contributed by atoms with Gasteiger partial charge in [-0.05, 0) is 42.4 Å². The van der Waals surface area contributed by atoms with E-state index in [9.17, 15) is 4.79 Å². The second-order valence-corrected chi connectivity index (χ2v) is 8.15. The quantitative estimate of drug-likeness (QED) is 0.185. The predicted octanol–water partition coefficient (Wildman–Crippen LogP) is 9.62. The summed E-state index contributed by atoms with van der Waals surface area (Å²) in [5.74, 6) is 0.886. The molecule has 2 aromatic carbocycles. The van der Waals surface area contributed by atoms with Crippen LogP contribution in [0.15, 0.2) is 48.5 Å². The van der Waals surface area contributed by atoms with Gasteiger partial charge in [0.25, 0.3) is 0 Å². The average molecular weight is 443 g/mol. The van der Waals surface area contributed by atoms with Crippen molar-refractivity contribution in [3.8, 4) is 11.1 Å². The number of hydrogen-bond donors (Lipinski definition) is 2. The number of unbranched alkanes of at least 4 members (excludes halogenated alkanes) is 5. The molecule has 1 fully saturated rings. The smallest absolute Gasteiger partial charge is 0.159 e. The lowest BCUT2D eigenvalue weighted by molar-refractivity contribution is -0.176. The van der Waals surface area contributed by atoms with Crippen molar-refractivity contribution >= 4 is 5.78 Å². The highest BCUT2D eigenvalue weighted by Gasteiger charge is 2.16. The van der Waals surface area contributed by atoms with Crippen LogP contribution in [-0.2, 0) is 0 Å². The molecule has 0 amide bonds. The van der Waals surface area contributed by atoms with Crippen LogP contribution < -0.4 is 0 Å². The molecular formula is C29H46O3. The summed E-state index contributed by atoms with van der Waals surface area (Å²) in [5, 5.41) is 12.0. The Kier molecular flexibility index (Phi) is 18.5. The van der Waals surface area contributed by atoms with Gasteiger partial charge in [-0.2, -0.15) is 0 Å². The first-order valence-electron chi connectivity index (χ1n) is 12.6. The Morgan fingerprint density at radius 1 is 0.750 bits per heavy atom. The highest BCUT2D eigenvalue weighted by atomic mass is 17.0. The first-order valence-corrected chi connectivity index (χ1v) is 12.6. The van der Waals surface area contributed by atoms with E-state index in [0.29, 0.717) is 0 Å². The molecule has 1 saturated carbocycles. The van der Waals surface area contributed by atoms with Gasteiger partial charge in [0.2, 0.25) is 0 Å². The zero-order chi connectivity index (χ0) is 24.2. The molecule has 3 rings (SSSR count). The van der Waals surface area contributed by atoms with Gasteiger partial charge in [-0.25, -0.2) is 0 Å². The van der Waals surface area contributed by atoms with E-state index in [0.717, 1.165) is 11.5 Å². The minimum atomic E-state index is 0.119. The van der Waals surface area contributed by atoms with Gasteiger partial charge in [-0.1, -0.05) is 128 Å². The summed E-state index contributed by atoms with van der Waals surface area (Å²) in [7, 11) is 0. The predicted molar refractivity (Wildman–Crippen MR) is 139 cm³/mol. The number of ketones is 1. The average Bonchev–Trinajstić information content (AvgIpc) is 3.40. The summed E-state index contributed by atoms with van der Waals surface area (Å²) < 4.78 is 0. The molecule has 1 aliphatic rings. The normalized spacial score (nSPS) is 12.5. The van der Waals surface area contributed by atoms with Crippen LogP contribution in [0.5, 0.6) is 0 Å². The summed E-state index contributed by atoms with van der Waals surface area (Å²) >= 11 is 0. The van der Waals surface area contributed by atoms with Gasteiger partial charge in [-0.3, -0.25) is 15.3 Å². The fraction of sp³-hybridized carbons (Fsp3) is 0.552. The molecule has 2 N–H and O–H groups in total. The minimum Gasteiger partial charge on any atom is -0.295 e. The largest absolute Gasteiger partial charge is 0.295 e. The van der Waals surface area contributed by atoms with E-state index >= 15 is 0 Å². The van der Waals surface area contributed by atoms with Crippen molar-refractivity contribution in [2.75, 3.05) is 0 Å². The lowest BCUT2D eigenvalue weighted by atomic mass is 9.95. The second kappa shape index (κ2) is 19.7. The number of carbonyl (C=O) groups is 1. The fourth-order valence-corrected chi connectivity index (χ4v) is 3.96. The monoisotopic (exact) mass is 442 g/mol. The van der Waals surface area contributed by atoms with Crippen molar-refractivity contribution in [2.24, 2.45) is 0 Å². The van der Waals surface area contributed by atoms with E-state index < -0.39 is 0 Å². The third-order valence-corrected chi connectivity index (χ3v) is 5.82. The molecular weight excluding hydrogens is 396 g/mol. The molecule has 3 heteroatoms. The zero-order valence-electron chi connectivity index (χ0n) is 21.1. The SMILES string of the molecule is CC.CC(=O)c1ccc(-c2ccc(C3CCCC3)cc2)cc1.CCCCCCCC.OO. The van der Waals surface area contributed by atoms with E-state index in [-0.39, 0.29) is 5.78 Å². The van der Waals surface area contributed by atoms with E-state index in [2.05, 4.69) is 38.1 Å². The Balaban J connectivity index is 0.000000679. The number of benzene rings is 2. The third kappa shape index (κ3) is 11.6. The van der Waals surface area contributed by atoms with E-state index in [1.165, 1.54) is 80.9 Å². The molecule has 0 aromatic heterocycles.